The number of hydrogen-bond donors (Lipinski definition) is 2. The minimum absolute atomic E-state index is 0.0436. The van der Waals surface area contributed by atoms with Gasteiger partial charge in [0.1, 0.15) is 0 Å². The van der Waals surface area contributed by atoms with Crippen LogP contribution in [0.4, 0.5) is 0 Å². The van der Waals surface area contributed by atoms with Gasteiger partial charge in [0.15, 0.2) is 0 Å². The van der Waals surface area contributed by atoms with Gasteiger partial charge in [0, 0.05) is 0 Å². The van der Waals surface area contributed by atoms with E-state index in [4.69, 9.17) is 29.2 Å². The van der Waals surface area contributed by atoms with Crippen LogP contribution in [0.25, 0.3) is 0 Å². The maximum atomic E-state index is 9.06. The van der Waals surface area contributed by atoms with E-state index >= 15 is 0 Å². The first-order valence-electron chi connectivity index (χ1n) is 7.16. The van der Waals surface area contributed by atoms with Gasteiger partial charge in [-0.1, -0.05) is 0 Å². The van der Waals surface area contributed by atoms with Crippen molar-refractivity contribution in [3.05, 3.63) is 0 Å². The van der Waals surface area contributed by atoms with E-state index in [1.54, 1.807) is 13.8 Å². The van der Waals surface area contributed by atoms with Gasteiger partial charge in [-0.15, -0.1) is 0 Å². The van der Waals surface area contributed by atoms with E-state index in [1.807, 2.05) is 13.8 Å². The Hall–Kier alpha value is -0.240. The van der Waals surface area contributed by atoms with E-state index in [1.165, 1.54) is 0 Å². The Kier molecular flexibility index (Phi) is 12.3. The van der Waals surface area contributed by atoms with Gasteiger partial charge >= 0.3 is 0 Å². The van der Waals surface area contributed by atoms with Crippen molar-refractivity contribution in [1.29, 1.82) is 0 Å². The summed E-state index contributed by atoms with van der Waals surface area (Å²) >= 11 is 0. The van der Waals surface area contributed by atoms with Crippen LogP contribution in [-0.2, 0) is 18.9 Å². The Morgan fingerprint density at radius 2 is 1.00 bits per heavy atom. The predicted octanol–water partition coefficient (Wildman–Crippen LogP) is 0.591. The fourth-order valence-electron chi connectivity index (χ4n) is 1.32. The van der Waals surface area contributed by atoms with Crippen LogP contribution in [-0.4, -0.2) is 74.3 Å². The van der Waals surface area contributed by atoms with Gasteiger partial charge in [0.25, 0.3) is 0 Å². The molecule has 0 rings (SSSR count). The van der Waals surface area contributed by atoms with E-state index in [0.29, 0.717) is 39.6 Å². The zero-order chi connectivity index (χ0) is 15.4. The smallest absolute Gasteiger partial charge is 0.0781 e. The fourth-order valence-corrected chi connectivity index (χ4v) is 1.32. The van der Waals surface area contributed by atoms with E-state index in [2.05, 4.69) is 0 Å². The lowest BCUT2D eigenvalue weighted by Crippen LogP contribution is -2.24. The van der Waals surface area contributed by atoms with Crippen LogP contribution in [0.2, 0.25) is 0 Å². The largest absolute Gasteiger partial charge is 0.391 e. The molecule has 0 heterocycles. The first-order chi connectivity index (χ1) is 9.41. The molecule has 0 radical (unpaired) electrons. The predicted molar refractivity (Wildman–Crippen MR) is 75.8 cm³/mol. The highest BCUT2D eigenvalue weighted by Crippen LogP contribution is 1.96. The zero-order valence-electron chi connectivity index (χ0n) is 13.1. The monoisotopic (exact) mass is 294 g/mol. The highest BCUT2D eigenvalue weighted by atomic mass is 16.6. The van der Waals surface area contributed by atoms with Crippen molar-refractivity contribution in [3.63, 3.8) is 0 Å². The summed E-state index contributed by atoms with van der Waals surface area (Å²) in [4.78, 5) is 0. The number of aliphatic hydroxyl groups excluding tert-OH is 2. The van der Waals surface area contributed by atoms with Crippen molar-refractivity contribution in [2.45, 2.75) is 52.1 Å². The minimum atomic E-state index is -0.455. The topological polar surface area (TPSA) is 77.4 Å². The van der Waals surface area contributed by atoms with Crippen LogP contribution in [0.15, 0.2) is 0 Å². The van der Waals surface area contributed by atoms with Gasteiger partial charge in [-0.3, -0.25) is 0 Å². The quantitative estimate of drug-likeness (QED) is 0.484. The van der Waals surface area contributed by atoms with Crippen LogP contribution >= 0.6 is 0 Å². The van der Waals surface area contributed by atoms with Gasteiger partial charge in [-0.05, 0) is 27.7 Å². The summed E-state index contributed by atoms with van der Waals surface area (Å²) in [5.41, 5.74) is 0. The molecule has 0 aromatic carbocycles. The molecule has 0 saturated carbocycles. The molecule has 6 nitrogen and oxygen atoms in total. The summed E-state index contributed by atoms with van der Waals surface area (Å²) in [5, 5.41) is 18.1. The summed E-state index contributed by atoms with van der Waals surface area (Å²) < 4.78 is 21.5. The number of hydrogen-bond acceptors (Lipinski definition) is 6. The molecule has 122 valence electrons. The molecule has 0 bridgehead atoms. The first-order valence-corrected chi connectivity index (χ1v) is 7.16. The van der Waals surface area contributed by atoms with Crippen molar-refractivity contribution in [2.75, 3.05) is 39.6 Å². The second kappa shape index (κ2) is 12.5. The summed E-state index contributed by atoms with van der Waals surface area (Å²) in [6.07, 6.45) is -0.997. The highest BCUT2D eigenvalue weighted by molar-refractivity contribution is 4.52. The molecule has 2 N–H and O–H groups in total. The lowest BCUT2D eigenvalue weighted by molar-refractivity contribution is -0.0617. The molecule has 20 heavy (non-hydrogen) atoms. The summed E-state index contributed by atoms with van der Waals surface area (Å²) in [7, 11) is 0. The van der Waals surface area contributed by atoms with E-state index in [-0.39, 0.29) is 12.2 Å². The third-order valence-electron chi connectivity index (χ3n) is 2.32. The van der Waals surface area contributed by atoms with Crippen molar-refractivity contribution < 1.29 is 29.2 Å². The van der Waals surface area contributed by atoms with E-state index in [0.717, 1.165) is 0 Å². The average molecular weight is 294 g/mol. The number of ether oxygens (including phenoxy) is 4. The third-order valence-corrected chi connectivity index (χ3v) is 2.32. The summed E-state index contributed by atoms with van der Waals surface area (Å²) in [5.74, 6) is 0. The van der Waals surface area contributed by atoms with Crippen LogP contribution in [0.5, 0.6) is 0 Å². The van der Waals surface area contributed by atoms with Gasteiger partial charge in [-0.2, -0.15) is 0 Å². The number of rotatable bonds is 13. The summed E-state index contributed by atoms with van der Waals surface area (Å²) in [6.45, 7) is 9.73. The Morgan fingerprint density at radius 3 is 1.30 bits per heavy atom. The summed E-state index contributed by atoms with van der Waals surface area (Å²) in [6, 6.07) is 0. The van der Waals surface area contributed by atoms with E-state index in [9.17, 15) is 0 Å². The molecule has 0 aromatic heterocycles. The molecule has 0 aliphatic carbocycles. The van der Waals surface area contributed by atoms with Gasteiger partial charge in [-0.25, -0.2) is 0 Å². The van der Waals surface area contributed by atoms with E-state index < -0.39 is 12.2 Å². The van der Waals surface area contributed by atoms with Crippen LogP contribution in [0, 0.1) is 0 Å². The second-order valence-corrected chi connectivity index (χ2v) is 5.14. The molecular formula is C14H30O6. The molecule has 0 spiro atoms. The molecule has 0 aromatic rings. The molecular weight excluding hydrogens is 264 g/mol. The van der Waals surface area contributed by atoms with Gasteiger partial charge in [0.05, 0.1) is 64.1 Å². The molecule has 0 amide bonds. The molecule has 0 saturated heterocycles. The van der Waals surface area contributed by atoms with Crippen molar-refractivity contribution >= 4 is 0 Å². The SMILES string of the molecule is CC(O)COC(C)COCCOCC(C)OCC(C)O. The van der Waals surface area contributed by atoms with Gasteiger partial charge < -0.3 is 29.2 Å². The molecule has 0 aliphatic rings. The lowest BCUT2D eigenvalue weighted by Gasteiger charge is -2.16. The standard InChI is InChI=1S/C14H30O6/c1-11(15)7-19-13(3)9-17-5-6-18-10-14(4)20-8-12(2)16/h11-16H,5-10H2,1-4H3. The van der Waals surface area contributed by atoms with Crippen LogP contribution < -0.4 is 0 Å². The van der Waals surface area contributed by atoms with Crippen LogP contribution in [0.1, 0.15) is 27.7 Å². The van der Waals surface area contributed by atoms with Crippen molar-refractivity contribution in [2.24, 2.45) is 0 Å². The van der Waals surface area contributed by atoms with Crippen LogP contribution in [0.3, 0.4) is 0 Å². The Balaban J connectivity index is 3.31. The molecule has 6 heteroatoms. The maximum absolute atomic E-state index is 9.06. The maximum Gasteiger partial charge on any atom is 0.0781 e. The lowest BCUT2D eigenvalue weighted by atomic mass is 10.4. The number of aliphatic hydroxyl groups is 2. The third kappa shape index (κ3) is 14.2. The van der Waals surface area contributed by atoms with Crippen molar-refractivity contribution in [1.82, 2.24) is 0 Å². The molecule has 0 aliphatic heterocycles. The fraction of sp³-hybridized carbons (Fsp3) is 1.00. The molecule has 4 atom stereocenters. The highest BCUT2D eigenvalue weighted by Gasteiger charge is 2.06. The average Bonchev–Trinajstić information content (AvgIpc) is 2.37. The Bertz CT molecular complexity index is 188. The Labute approximate surface area is 122 Å². The first kappa shape index (κ1) is 19.8. The second-order valence-electron chi connectivity index (χ2n) is 5.14. The zero-order valence-corrected chi connectivity index (χ0v) is 13.1. The van der Waals surface area contributed by atoms with Gasteiger partial charge in [0.2, 0.25) is 0 Å². The normalized spacial score (nSPS) is 17.7. The minimum Gasteiger partial charge on any atom is -0.391 e. The molecule has 0 fully saturated rings. The molecule has 4 unspecified atom stereocenters. The van der Waals surface area contributed by atoms with Crippen molar-refractivity contribution in [3.8, 4) is 0 Å². The Morgan fingerprint density at radius 1 is 0.650 bits per heavy atom.